The van der Waals surface area contributed by atoms with Gasteiger partial charge in [-0.1, -0.05) is 0 Å². The predicted octanol–water partition coefficient (Wildman–Crippen LogP) is 2.05. The smallest absolute Gasteiger partial charge is 0.227 e. The fraction of sp³-hybridized carbons (Fsp3) is 0.231. The molecule has 0 fully saturated rings. The molecule has 1 aromatic carbocycles. The van der Waals surface area contributed by atoms with E-state index in [9.17, 15) is 4.39 Å². The van der Waals surface area contributed by atoms with E-state index in [-0.39, 0.29) is 5.82 Å². The van der Waals surface area contributed by atoms with Crippen molar-refractivity contribution < 1.29 is 9.13 Å². The van der Waals surface area contributed by atoms with Crippen molar-refractivity contribution in [1.29, 1.82) is 0 Å². The van der Waals surface area contributed by atoms with Gasteiger partial charge in [0, 0.05) is 19.5 Å². The van der Waals surface area contributed by atoms with E-state index in [2.05, 4.69) is 15.3 Å². The van der Waals surface area contributed by atoms with E-state index in [1.54, 1.807) is 12.1 Å². The lowest BCUT2D eigenvalue weighted by molar-refractivity contribution is 0.443. The van der Waals surface area contributed by atoms with Crippen molar-refractivity contribution in [2.24, 2.45) is 0 Å². The Morgan fingerprint density at radius 3 is 2.83 bits per heavy atom. The SMILES string of the molecule is Fc1ccc(Oc2ncnc3c2CNCC3)cc1. The minimum atomic E-state index is -0.284. The van der Waals surface area contributed by atoms with Gasteiger partial charge in [-0.15, -0.1) is 0 Å². The van der Waals surface area contributed by atoms with Crippen LogP contribution < -0.4 is 10.1 Å². The van der Waals surface area contributed by atoms with Crippen molar-refractivity contribution in [3.63, 3.8) is 0 Å². The molecule has 1 aromatic heterocycles. The molecule has 0 spiro atoms. The second-order valence-corrected chi connectivity index (χ2v) is 4.09. The van der Waals surface area contributed by atoms with E-state index in [0.717, 1.165) is 24.2 Å². The second-order valence-electron chi connectivity index (χ2n) is 4.09. The van der Waals surface area contributed by atoms with Gasteiger partial charge in [0.25, 0.3) is 0 Å². The topological polar surface area (TPSA) is 47.0 Å². The van der Waals surface area contributed by atoms with Gasteiger partial charge >= 0.3 is 0 Å². The molecule has 1 N–H and O–H groups in total. The molecule has 3 rings (SSSR count). The third-order valence-electron chi connectivity index (χ3n) is 2.86. The summed E-state index contributed by atoms with van der Waals surface area (Å²) >= 11 is 0. The van der Waals surface area contributed by atoms with Gasteiger partial charge in [-0.05, 0) is 24.3 Å². The van der Waals surface area contributed by atoms with Crippen molar-refractivity contribution in [2.45, 2.75) is 13.0 Å². The maximum Gasteiger partial charge on any atom is 0.227 e. The third-order valence-corrected chi connectivity index (χ3v) is 2.86. The number of hydrogen-bond acceptors (Lipinski definition) is 4. The number of aromatic nitrogens is 2. The molecule has 4 nitrogen and oxygen atoms in total. The number of nitrogens with one attached hydrogen (secondary N) is 1. The molecule has 2 heterocycles. The van der Waals surface area contributed by atoms with Crippen molar-refractivity contribution in [1.82, 2.24) is 15.3 Å². The van der Waals surface area contributed by atoms with Gasteiger partial charge in [0.1, 0.15) is 17.9 Å². The number of ether oxygens (including phenoxy) is 1. The van der Waals surface area contributed by atoms with Gasteiger partial charge in [0.05, 0.1) is 11.3 Å². The molecule has 0 saturated carbocycles. The summed E-state index contributed by atoms with van der Waals surface area (Å²) in [5.74, 6) is 0.829. The Bertz CT molecular complexity index is 557. The second kappa shape index (κ2) is 4.70. The number of benzene rings is 1. The summed E-state index contributed by atoms with van der Waals surface area (Å²) in [4.78, 5) is 8.39. The first-order valence-electron chi connectivity index (χ1n) is 5.80. The monoisotopic (exact) mass is 245 g/mol. The molecule has 0 aliphatic carbocycles. The first kappa shape index (κ1) is 11.1. The van der Waals surface area contributed by atoms with Crippen LogP contribution in [0.15, 0.2) is 30.6 Å². The zero-order chi connectivity index (χ0) is 12.4. The van der Waals surface area contributed by atoms with E-state index < -0.39 is 0 Å². The molecule has 1 aliphatic heterocycles. The largest absolute Gasteiger partial charge is 0.439 e. The summed E-state index contributed by atoms with van der Waals surface area (Å²) < 4.78 is 18.5. The molecular formula is C13H12FN3O. The molecule has 18 heavy (non-hydrogen) atoms. The molecule has 0 bridgehead atoms. The molecule has 0 radical (unpaired) electrons. The minimum absolute atomic E-state index is 0.284. The fourth-order valence-electron chi connectivity index (χ4n) is 1.95. The zero-order valence-corrected chi connectivity index (χ0v) is 9.69. The van der Waals surface area contributed by atoms with Gasteiger partial charge in [0.15, 0.2) is 0 Å². The standard InChI is InChI=1S/C13H12FN3O/c14-9-1-3-10(4-2-9)18-13-11-7-15-6-5-12(11)16-8-17-13/h1-4,8,15H,5-7H2. The van der Waals surface area contributed by atoms with Crippen molar-refractivity contribution >= 4 is 0 Å². The van der Waals surface area contributed by atoms with Crippen molar-refractivity contribution in [2.75, 3.05) is 6.54 Å². The van der Waals surface area contributed by atoms with Crippen LogP contribution >= 0.6 is 0 Å². The van der Waals surface area contributed by atoms with Gasteiger partial charge in [0.2, 0.25) is 5.88 Å². The Labute approximate surface area is 104 Å². The lowest BCUT2D eigenvalue weighted by atomic mass is 10.1. The van der Waals surface area contributed by atoms with Crippen LogP contribution in [-0.2, 0) is 13.0 Å². The first-order valence-corrected chi connectivity index (χ1v) is 5.80. The van der Waals surface area contributed by atoms with Crippen LogP contribution in [0.1, 0.15) is 11.3 Å². The Balaban J connectivity index is 1.90. The average Bonchev–Trinajstić information content (AvgIpc) is 2.42. The predicted molar refractivity (Wildman–Crippen MR) is 63.9 cm³/mol. The van der Waals surface area contributed by atoms with Crippen LogP contribution in [0, 0.1) is 5.82 Å². The number of rotatable bonds is 2. The van der Waals surface area contributed by atoms with E-state index in [1.165, 1.54) is 18.5 Å². The summed E-state index contributed by atoms with van der Waals surface area (Å²) in [5, 5.41) is 3.26. The molecule has 5 heteroatoms. The highest BCUT2D eigenvalue weighted by molar-refractivity contribution is 5.35. The van der Waals surface area contributed by atoms with Gasteiger partial charge in [-0.25, -0.2) is 14.4 Å². The van der Waals surface area contributed by atoms with Crippen molar-refractivity contribution in [3.05, 3.63) is 47.7 Å². The Hall–Kier alpha value is -2.01. The van der Waals surface area contributed by atoms with Crippen molar-refractivity contribution in [3.8, 4) is 11.6 Å². The maximum atomic E-state index is 12.8. The third kappa shape index (κ3) is 2.17. The lowest BCUT2D eigenvalue weighted by Gasteiger charge is -2.18. The summed E-state index contributed by atoms with van der Waals surface area (Å²) in [6.07, 6.45) is 2.38. The molecule has 0 unspecified atom stereocenters. The molecule has 1 aliphatic rings. The normalized spacial score (nSPS) is 14.1. The summed E-state index contributed by atoms with van der Waals surface area (Å²) in [5.41, 5.74) is 1.99. The molecular weight excluding hydrogens is 233 g/mol. The van der Waals surface area contributed by atoms with Crippen LogP contribution in [0.5, 0.6) is 11.6 Å². The molecule has 0 atom stereocenters. The summed E-state index contributed by atoms with van der Waals surface area (Å²) in [6, 6.07) is 5.89. The number of fused-ring (bicyclic) bond motifs is 1. The molecule has 0 amide bonds. The van der Waals surface area contributed by atoms with Crippen LogP contribution in [0.25, 0.3) is 0 Å². The van der Waals surface area contributed by atoms with Gasteiger partial charge < -0.3 is 10.1 Å². The highest BCUT2D eigenvalue weighted by atomic mass is 19.1. The number of halogens is 1. The Morgan fingerprint density at radius 1 is 1.17 bits per heavy atom. The van der Waals surface area contributed by atoms with Crippen LogP contribution in [0.4, 0.5) is 4.39 Å². The van der Waals surface area contributed by atoms with Crippen LogP contribution in [0.3, 0.4) is 0 Å². The van der Waals surface area contributed by atoms with E-state index in [0.29, 0.717) is 18.2 Å². The zero-order valence-electron chi connectivity index (χ0n) is 9.69. The highest BCUT2D eigenvalue weighted by Gasteiger charge is 2.16. The minimum Gasteiger partial charge on any atom is -0.439 e. The Morgan fingerprint density at radius 2 is 2.00 bits per heavy atom. The fourth-order valence-corrected chi connectivity index (χ4v) is 1.95. The maximum absolute atomic E-state index is 12.8. The average molecular weight is 245 g/mol. The van der Waals surface area contributed by atoms with E-state index >= 15 is 0 Å². The summed E-state index contributed by atoms with van der Waals surface area (Å²) in [7, 11) is 0. The summed E-state index contributed by atoms with van der Waals surface area (Å²) in [6.45, 7) is 1.62. The molecule has 0 saturated heterocycles. The molecule has 2 aromatic rings. The number of nitrogens with zero attached hydrogens (tertiary/aromatic N) is 2. The molecule has 92 valence electrons. The Kier molecular flexibility index (Phi) is 2.90. The number of hydrogen-bond donors (Lipinski definition) is 1. The quantitative estimate of drug-likeness (QED) is 0.879. The van der Waals surface area contributed by atoms with Gasteiger partial charge in [-0.2, -0.15) is 0 Å². The lowest BCUT2D eigenvalue weighted by Crippen LogP contribution is -2.25. The van der Waals surface area contributed by atoms with E-state index in [4.69, 9.17) is 4.74 Å². The van der Waals surface area contributed by atoms with Crippen LogP contribution in [-0.4, -0.2) is 16.5 Å². The first-order chi connectivity index (χ1) is 8.83. The van der Waals surface area contributed by atoms with Crippen LogP contribution in [0.2, 0.25) is 0 Å². The van der Waals surface area contributed by atoms with E-state index in [1.807, 2.05) is 0 Å². The highest BCUT2D eigenvalue weighted by Crippen LogP contribution is 2.26. The van der Waals surface area contributed by atoms with Gasteiger partial charge in [-0.3, -0.25) is 0 Å².